The molecule has 0 unspecified atom stereocenters. The third-order valence-electron chi connectivity index (χ3n) is 1.25. The molecular formula is C6H10ClN3O. The van der Waals surface area contributed by atoms with Crippen LogP contribution in [-0.2, 0) is 7.05 Å². The minimum Gasteiger partial charge on any atom is -0.364 e. The Hall–Kier alpha value is -1.03. The van der Waals surface area contributed by atoms with Crippen LogP contribution in [0, 0.1) is 6.92 Å². The van der Waals surface area contributed by atoms with Gasteiger partial charge in [0.05, 0.1) is 5.69 Å². The van der Waals surface area contributed by atoms with E-state index < -0.39 is 5.91 Å². The summed E-state index contributed by atoms with van der Waals surface area (Å²) in [6, 6.07) is 1.66. The van der Waals surface area contributed by atoms with Crippen LogP contribution in [0.5, 0.6) is 0 Å². The smallest absolute Gasteiger partial charge is 0.266 e. The van der Waals surface area contributed by atoms with Crippen molar-refractivity contribution in [3.8, 4) is 0 Å². The van der Waals surface area contributed by atoms with Crippen molar-refractivity contribution >= 4 is 18.3 Å². The van der Waals surface area contributed by atoms with E-state index in [0.29, 0.717) is 5.69 Å². The van der Waals surface area contributed by atoms with Gasteiger partial charge in [-0.05, 0) is 13.0 Å². The number of amides is 1. The van der Waals surface area contributed by atoms with Gasteiger partial charge in [0.15, 0.2) is 0 Å². The number of primary amides is 1. The number of aryl methyl sites for hydroxylation is 2. The van der Waals surface area contributed by atoms with Gasteiger partial charge in [-0.15, -0.1) is 12.4 Å². The molecule has 11 heavy (non-hydrogen) atoms. The number of hydrogen-bond donors (Lipinski definition) is 1. The standard InChI is InChI=1S/C6H9N3O.ClH/c1-4-3-5(6(7)10)9(2)8-4;/h3H,1-2H3,(H2,7,10);1H. The number of hydrogen-bond acceptors (Lipinski definition) is 2. The lowest BCUT2D eigenvalue weighted by molar-refractivity contribution is 0.0991. The summed E-state index contributed by atoms with van der Waals surface area (Å²) < 4.78 is 1.47. The van der Waals surface area contributed by atoms with E-state index in [1.807, 2.05) is 6.92 Å². The number of rotatable bonds is 1. The largest absolute Gasteiger partial charge is 0.364 e. The van der Waals surface area contributed by atoms with Crippen LogP contribution < -0.4 is 5.73 Å². The zero-order valence-electron chi connectivity index (χ0n) is 6.37. The predicted molar refractivity (Wildman–Crippen MR) is 43.7 cm³/mol. The number of nitrogens with zero attached hydrogens (tertiary/aromatic N) is 2. The lowest BCUT2D eigenvalue weighted by Crippen LogP contribution is -2.15. The van der Waals surface area contributed by atoms with Gasteiger partial charge in [0.2, 0.25) is 0 Å². The maximum absolute atomic E-state index is 10.6. The SMILES string of the molecule is Cc1cc(C(N)=O)n(C)n1.Cl. The summed E-state index contributed by atoms with van der Waals surface area (Å²) in [4.78, 5) is 10.6. The Bertz CT molecular complexity index is 269. The van der Waals surface area contributed by atoms with Crippen molar-refractivity contribution < 1.29 is 4.79 Å². The Labute approximate surface area is 70.8 Å². The monoisotopic (exact) mass is 175 g/mol. The number of carbonyl (C=O) groups is 1. The average molecular weight is 176 g/mol. The van der Waals surface area contributed by atoms with E-state index in [-0.39, 0.29) is 12.4 Å². The predicted octanol–water partition coefficient (Wildman–Crippen LogP) is 0.249. The van der Waals surface area contributed by atoms with E-state index in [2.05, 4.69) is 5.10 Å². The summed E-state index contributed by atoms with van der Waals surface area (Å²) in [5, 5.41) is 3.95. The highest BCUT2D eigenvalue weighted by molar-refractivity contribution is 5.91. The van der Waals surface area contributed by atoms with E-state index in [1.165, 1.54) is 4.68 Å². The van der Waals surface area contributed by atoms with Gasteiger partial charge in [0.25, 0.3) is 5.91 Å². The Morgan fingerprint density at radius 1 is 1.73 bits per heavy atom. The molecule has 1 amide bonds. The maximum Gasteiger partial charge on any atom is 0.266 e. The van der Waals surface area contributed by atoms with E-state index in [4.69, 9.17) is 5.73 Å². The molecule has 62 valence electrons. The van der Waals surface area contributed by atoms with Gasteiger partial charge in [-0.3, -0.25) is 9.48 Å². The summed E-state index contributed by atoms with van der Waals surface area (Å²) in [5.41, 5.74) is 6.27. The second-order valence-corrected chi connectivity index (χ2v) is 2.16. The van der Waals surface area contributed by atoms with Crippen LogP contribution in [0.15, 0.2) is 6.07 Å². The number of carbonyl (C=O) groups excluding carboxylic acids is 1. The average Bonchev–Trinajstić information content (AvgIpc) is 2.10. The highest BCUT2D eigenvalue weighted by Crippen LogP contribution is 1.99. The molecule has 1 rings (SSSR count). The van der Waals surface area contributed by atoms with Gasteiger partial charge in [-0.25, -0.2) is 0 Å². The van der Waals surface area contributed by atoms with Crippen LogP contribution >= 0.6 is 12.4 Å². The Morgan fingerprint density at radius 3 is 2.45 bits per heavy atom. The molecule has 5 heteroatoms. The van der Waals surface area contributed by atoms with E-state index in [9.17, 15) is 4.79 Å². The Morgan fingerprint density at radius 2 is 2.27 bits per heavy atom. The van der Waals surface area contributed by atoms with Crippen molar-refractivity contribution in [2.75, 3.05) is 0 Å². The maximum atomic E-state index is 10.6. The van der Waals surface area contributed by atoms with E-state index in [0.717, 1.165) is 5.69 Å². The van der Waals surface area contributed by atoms with Crippen LogP contribution in [-0.4, -0.2) is 15.7 Å². The van der Waals surface area contributed by atoms with Gasteiger partial charge < -0.3 is 5.73 Å². The first-order valence-corrected chi connectivity index (χ1v) is 2.91. The fourth-order valence-corrected chi connectivity index (χ4v) is 0.841. The van der Waals surface area contributed by atoms with Gasteiger partial charge in [0.1, 0.15) is 5.69 Å². The first-order valence-electron chi connectivity index (χ1n) is 2.91. The Kier molecular flexibility index (Phi) is 3.07. The molecule has 1 heterocycles. The molecule has 0 aliphatic carbocycles. The minimum absolute atomic E-state index is 0. The molecule has 0 aliphatic rings. The first kappa shape index (κ1) is 9.97. The minimum atomic E-state index is -0.442. The van der Waals surface area contributed by atoms with Crippen molar-refractivity contribution in [2.24, 2.45) is 12.8 Å². The molecule has 0 atom stereocenters. The molecule has 0 saturated heterocycles. The second kappa shape index (κ2) is 3.39. The van der Waals surface area contributed by atoms with Crippen molar-refractivity contribution in [3.05, 3.63) is 17.5 Å². The third kappa shape index (κ3) is 1.94. The summed E-state index contributed by atoms with van der Waals surface area (Å²) in [6.45, 7) is 1.81. The van der Waals surface area contributed by atoms with Crippen molar-refractivity contribution in [1.82, 2.24) is 9.78 Å². The molecule has 0 spiro atoms. The van der Waals surface area contributed by atoms with Crippen molar-refractivity contribution in [3.63, 3.8) is 0 Å². The highest BCUT2D eigenvalue weighted by Gasteiger charge is 2.05. The second-order valence-electron chi connectivity index (χ2n) is 2.16. The summed E-state index contributed by atoms with van der Waals surface area (Å²) in [7, 11) is 1.69. The van der Waals surface area contributed by atoms with E-state index in [1.54, 1.807) is 13.1 Å². The molecule has 1 aromatic heterocycles. The molecule has 0 saturated carbocycles. The van der Waals surface area contributed by atoms with Crippen molar-refractivity contribution in [1.29, 1.82) is 0 Å². The molecule has 0 aromatic carbocycles. The quantitative estimate of drug-likeness (QED) is 0.665. The number of halogens is 1. The van der Waals surface area contributed by atoms with Crippen LogP contribution in [0.25, 0.3) is 0 Å². The van der Waals surface area contributed by atoms with Crippen molar-refractivity contribution in [2.45, 2.75) is 6.92 Å². The van der Waals surface area contributed by atoms with Gasteiger partial charge >= 0.3 is 0 Å². The van der Waals surface area contributed by atoms with E-state index >= 15 is 0 Å². The molecule has 0 aliphatic heterocycles. The molecule has 0 bridgehead atoms. The lowest BCUT2D eigenvalue weighted by Gasteiger charge is -1.92. The molecule has 1 aromatic rings. The number of nitrogens with two attached hydrogens (primary N) is 1. The topological polar surface area (TPSA) is 60.9 Å². The fourth-order valence-electron chi connectivity index (χ4n) is 0.841. The van der Waals surface area contributed by atoms with Gasteiger partial charge in [-0.2, -0.15) is 5.10 Å². The molecule has 0 radical (unpaired) electrons. The molecule has 0 fully saturated rings. The summed E-state index contributed by atoms with van der Waals surface area (Å²) >= 11 is 0. The highest BCUT2D eigenvalue weighted by atomic mass is 35.5. The van der Waals surface area contributed by atoms with Crippen LogP contribution in [0.2, 0.25) is 0 Å². The first-order chi connectivity index (χ1) is 4.61. The fraction of sp³-hybridized carbons (Fsp3) is 0.333. The van der Waals surface area contributed by atoms with Crippen LogP contribution in [0.3, 0.4) is 0 Å². The third-order valence-corrected chi connectivity index (χ3v) is 1.25. The van der Waals surface area contributed by atoms with Crippen LogP contribution in [0.1, 0.15) is 16.2 Å². The molecule has 4 nitrogen and oxygen atoms in total. The summed E-state index contributed by atoms with van der Waals surface area (Å²) in [5.74, 6) is -0.442. The zero-order valence-corrected chi connectivity index (χ0v) is 7.18. The van der Waals surface area contributed by atoms with Gasteiger partial charge in [0, 0.05) is 7.05 Å². The zero-order chi connectivity index (χ0) is 7.72. The molecular weight excluding hydrogens is 166 g/mol. The van der Waals surface area contributed by atoms with Gasteiger partial charge in [-0.1, -0.05) is 0 Å². The normalized spacial score (nSPS) is 8.91. The molecule has 2 N–H and O–H groups in total. The summed E-state index contributed by atoms with van der Waals surface area (Å²) in [6.07, 6.45) is 0. The Balaban J connectivity index is 0.000001000. The number of aromatic nitrogens is 2. The van der Waals surface area contributed by atoms with Crippen LogP contribution in [0.4, 0.5) is 0 Å². The lowest BCUT2D eigenvalue weighted by atomic mass is 10.3.